The van der Waals surface area contributed by atoms with Gasteiger partial charge in [-0.15, -0.1) is 0 Å². The molecule has 0 aromatic heterocycles. The Hall–Kier alpha value is -2.00. The standard InChI is InChI=1S/C18H22N2O/c1-15-7-8-18(21-14-16-5-3-2-4-6-16)17(13-15)20-11-9-19-10-12-20/h2-8,13,19H,9-12,14H2,1H3. The summed E-state index contributed by atoms with van der Waals surface area (Å²) in [6.07, 6.45) is 0. The van der Waals surface area contributed by atoms with Gasteiger partial charge in [0.25, 0.3) is 0 Å². The predicted molar refractivity (Wildman–Crippen MR) is 87.0 cm³/mol. The summed E-state index contributed by atoms with van der Waals surface area (Å²) in [7, 11) is 0. The van der Waals surface area contributed by atoms with Gasteiger partial charge in [-0.2, -0.15) is 0 Å². The van der Waals surface area contributed by atoms with Crippen LogP contribution < -0.4 is 15.0 Å². The number of nitrogens with one attached hydrogen (secondary N) is 1. The molecule has 2 aromatic carbocycles. The van der Waals surface area contributed by atoms with Crippen LogP contribution in [0.4, 0.5) is 5.69 Å². The maximum Gasteiger partial charge on any atom is 0.143 e. The van der Waals surface area contributed by atoms with Crippen LogP contribution >= 0.6 is 0 Å². The van der Waals surface area contributed by atoms with Crippen LogP contribution in [0.5, 0.6) is 5.75 Å². The first-order valence-corrected chi connectivity index (χ1v) is 7.56. The Kier molecular flexibility index (Phi) is 4.41. The second-order valence-electron chi connectivity index (χ2n) is 5.48. The number of piperazine rings is 1. The number of hydrogen-bond donors (Lipinski definition) is 1. The third-order valence-corrected chi connectivity index (χ3v) is 3.81. The van der Waals surface area contributed by atoms with E-state index in [1.54, 1.807) is 0 Å². The lowest BCUT2D eigenvalue weighted by molar-refractivity contribution is 0.306. The number of rotatable bonds is 4. The molecule has 0 amide bonds. The van der Waals surface area contributed by atoms with Gasteiger partial charge in [-0.1, -0.05) is 36.4 Å². The third kappa shape index (κ3) is 3.56. The van der Waals surface area contributed by atoms with Crippen molar-refractivity contribution >= 4 is 5.69 Å². The zero-order valence-corrected chi connectivity index (χ0v) is 12.5. The average Bonchev–Trinajstić information content (AvgIpc) is 2.55. The van der Waals surface area contributed by atoms with Gasteiger partial charge < -0.3 is 15.0 Å². The third-order valence-electron chi connectivity index (χ3n) is 3.81. The fraction of sp³-hybridized carbons (Fsp3) is 0.333. The molecule has 0 radical (unpaired) electrons. The topological polar surface area (TPSA) is 24.5 Å². The van der Waals surface area contributed by atoms with E-state index in [4.69, 9.17) is 4.74 Å². The van der Waals surface area contributed by atoms with E-state index < -0.39 is 0 Å². The molecule has 1 saturated heterocycles. The van der Waals surface area contributed by atoms with Gasteiger partial charge in [-0.3, -0.25) is 0 Å². The van der Waals surface area contributed by atoms with Crippen LogP contribution in [-0.2, 0) is 6.61 Å². The SMILES string of the molecule is Cc1ccc(OCc2ccccc2)c(N2CCNCC2)c1. The summed E-state index contributed by atoms with van der Waals surface area (Å²) in [4.78, 5) is 2.41. The van der Waals surface area contributed by atoms with Gasteiger partial charge in [0.1, 0.15) is 12.4 Å². The molecule has 1 N–H and O–H groups in total. The van der Waals surface area contributed by atoms with E-state index in [2.05, 4.69) is 47.5 Å². The fourth-order valence-corrected chi connectivity index (χ4v) is 2.64. The van der Waals surface area contributed by atoms with Crippen molar-refractivity contribution in [3.63, 3.8) is 0 Å². The van der Waals surface area contributed by atoms with Gasteiger partial charge >= 0.3 is 0 Å². The summed E-state index contributed by atoms with van der Waals surface area (Å²) in [5.74, 6) is 0.978. The highest BCUT2D eigenvalue weighted by atomic mass is 16.5. The van der Waals surface area contributed by atoms with Crippen LogP contribution in [0.15, 0.2) is 48.5 Å². The number of ether oxygens (including phenoxy) is 1. The Morgan fingerprint density at radius 2 is 1.81 bits per heavy atom. The Balaban J connectivity index is 1.77. The molecule has 0 saturated carbocycles. The first-order valence-electron chi connectivity index (χ1n) is 7.56. The number of nitrogens with zero attached hydrogens (tertiary/aromatic N) is 1. The lowest BCUT2D eigenvalue weighted by Crippen LogP contribution is -2.43. The summed E-state index contributed by atoms with van der Waals surface area (Å²) in [5, 5.41) is 3.39. The molecule has 1 fully saturated rings. The molecule has 0 atom stereocenters. The van der Waals surface area contributed by atoms with E-state index in [0.717, 1.165) is 31.9 Å². The molecule has 2 aromatic rings. The fourth-order valence-electron chi connectivity index (χ4n) is 2.64. The number of benzene rings is 2. The highest BCUT2D eigenvalue weighted by Gasteiger charge is 2.15. The van der Waals surface area contributed by atoms with Gasteiger partial charge in [0.05, 0.1) is 5.69 Å². The van der Waals surface area contributed by atoms with Crippen molar-refractivity contribution in [3.05, 3.63) is 59.7 Å². The maximum absolute atomic E-state index is 6.07. The van der Waals surface area contributed by atoms with Crippen molar-refractivity contribution < 1.29 is 4.74 Å². The van der Waals surface area contributed by atoms with E-state index in [0.29, 0.717) is 6.61 Å². The van der Waals surface area contributed by atoms with Crippen molar-refractivity contribution in [2.45, 2.75) is 13.5 Å². The van der Waals surface area contributed by atoms with Crippen molar-refractivity contribution in [1.82, 2.24) is 5.32 Å². The van der Waals surface area contributed by atoms with E-state index in [-0.39, 0.29) is 0 Å². The number of aryl methyl sites for hydroxylation is 1. The quantitative estimate of drug-likeness (QED) is 0.933. The summed E-state index contributed by atoms with van der Waals surface area (Å²) in [6, 6.07) is 16.8. The molecule has 0 aliphatic carbocycles. The predicted octanol–water partition coefficient (Wildman–Crippen LogP) is 2.98. The maximum atomic E-state index is 6.07. The van der Waals surface area contributed by atoms with Crippen LogP contribution in [0, 0.1) is 6.92 Å². The normalized spacial score (nSPS) is 15.0. The van der Waals surface area contributed by atoms with Crippen molar-refractivity contribution in [3.8, 4) is 5.75 Å². The summed E-state index contributed by atoms with van der Waals surface area (Å²) < 4.78 is 6.07. The Morgan fingerprint density at radius 3 is 2.57 bits per heavy atom. The van der Waals surface area contributed by atoms with Gasteiger partial charge in [0, 0.05) is 26.2 Å². The van der Waals surface area contributed by atoms with E-state index in [1.165, 1.54) is 16.8 Å². The van der Waals surface area contributed by atoms with Crippen LogP contribution in [-0.4, -0.2) is 26.2 Å². The van der Waals surface area contributed by atoms with Gasteiger partial charge in [0.2, 0.25) is 0 Å². The highest BCUT2D eigenvalue weighted by Crippen LogP contribution is 2.30. The van der Waals surface area contributed by atoms with Crippen LogP contribution in [0.3, 0.4) is 0 Å². The lowest BCUT2D eigenvalue weighted by Gasteiger charge is -2.31. The van der Waals surface area contributed by atoms with E-state index in [1.807, 2.05) is 18.2 Å². The zero-order chi connectivity index (χ0) is 14.5. The molecule has 0 bridgehead atoms. The van der Waals surface area contributed by atoms with Gasteiger partial charge in [-0.05, 0) is 30.2 Å². The largest absolute Gasteiger partial charge is 0.487 e. The molecule has 21 heavy (non-hydrogen) atoms. The molecule has 1 heterocycles. The summed E-state index contributed by atoms with van der Waals surface area (Å²) in [6.45, 7) is 6.88. The Morgan fingerprint density at radius 1 is 1.05 bits per heavy atom. The summed E-state index contributed by atoms with van der Waals surface area (Å²) >= 11 is 0. The Bertz CT molecular complexity index is 577. The second-order valence-corrected chi connectivity index (χ2v) is 5.48. The average molecular weight is 282 g/mol. The number of hydrogen-bond acceptors (Lipinski definition) is 3. The lowest BCUT2D eigenvalue weighted by atomic mass is 10.1. The smallest absolute Gasteiger partial charge is 0.143 e. The van der Waals surface area contributed by atoms with Crippen molar-refractivity contribution in [2.24, 2.45) is 0 Å². The molecule has 0 spiro atoms. The first-order chi connectivity index (χ1) is 10.3. The minimum atomic E-state index is 0.614. The number of anilines is 1. The molecule has 3 heteroatoms. The van der Waals surface area contributed by atoms with E-state index >= 15 is 0 Å². The van der Waals surface area contributed by atoms with Crippen LogP contribution in [0.25, 0.3) is 0 Å². The molecule has 110 valence electrons. The van der Waals surface area contributed by atoms with Gasteiger partial charge in [-0.25, -0.2) is 0 Å². The van der Waals surface area contributed by atoms with E-state index in [9.17, 15) is 0 Å². The minimum absolute atomic E-state index is 0.614. The van der Waals surface area contributed by atoms with Crippen LogP contribution in [0.1, 0.15) is 11.1 Å². The molecular formula is C18H22N2O. The molecular weight excluding hydrogens is 260 g/mol. The molecule has 3 nitrogen and oxygen atoms in total. The summed E-state index contributed by atoms with van der Waals surface area (Å²) in [5.41, 5.74) is 3.69. The minimum Gasteiger partial charge on any atom is -0.487 e. The first kappa shape index (κ1) is 14.0. The van der Waals surface area contributed by atoms with Crippen LogP contribution in [0.2, 0.25) is 0 Å². The molecule has 0 unspecified atom stereocenters. The highest BCUT2D eigenvalue weighted by molar-refractivity contribution is 5.60. The van der Waals surface area contributed by atoms with Crippen molar-refractivity contribution in [1.29, 1.82) is 0 Å². The molecule has 1 aliphatic heterocycles. The van der Waals surface area contributed by atoms with Gasteiger partial charge in [0.15, 0.2) is 0 Å². The molecule has 1 aliphatic rings. The second kappa shape index (κ2) is 6.64. The Labute approximate surface area is 126 Å². The molecule has 3 rings (SSSR count). The monoisotopic (exact) mass is 282 g/mol. The van der Waals surface area contributed by atoms with Crippen molar-refractivity contribution in [2.75, 3.05) is 31.1 Å². The zero-order valence-electron chi connectivity index (χ0n) is 12.5.